The average Bonchev–Trinajstić information content (AvgIpc) is 2.55. The highest BCUT2D eigenvalue weighted by Crippen LogP contribution is 2.21. The summed E-state index contributed by atoms with van der Waals surface area (Å²) >= 11 is 5.85. The fourth-order valence-electron chi connectivity index (χ4n) is 2.24. The van der Waals surface area contributed by atoms with E-state index in [0.717, 1.165) is 6.07 Å². The molecule has 0 heterocycles. The number of methoxy groups -OCH3 is 1. The van der Waals surface area contributed by atoms with Gasteiger partial charge in [-0.25, -0.2) is 17.5 Å². The van der Waals surface area contributed by atoms with Gasteiger partial charge < -0.3 is 10.1 Å². The van der Waals surface area contributed by atoms with E-state index in [2.05, 4.69) is 10.0 Å². The molecule has 2 rings (SSSR count). The second-order valence-electron chi connectivity index (χ2n) is 5.55. The number of nitrogens with one attached hydrogen (secondary N) is 2. The highest BCUT2D eigenvalue weighted by molar-refractivity contribution is 7.89. The molecular formula is C17H18ClFN2O4S. The Kier molecular flexibility index (Phi) is 6.71. The molecule has 2 aromatic rings. The molecular weight excluding hydrogens is 383 g/mol. The van der Waals surface area contributed by atoms with Gasteiger partial charge in [-0.05, 0) is 43.3 Å². The van der Waals surface area contributed by atoms with Gasteiger partial charge in [-0.2, -0.15) is 0 Å². The maximum atomic E-state index is 13.8. The molecule has 0 fully saturated rings. The van der Waals surface area contributed by atoms with Crippen molar-refractivity contribution in [1.82, 2.24) is 4.72 Å². The lowest BCUT2D eigenvalue weighted by Crippen LogP contribution is -2.35. The van der Waals surface area contributed by atoms with Gasteiger partial charge in [0.15, 0.2) is 0 Å². The number of hydrogen-bond acceptors (Lipinski definition) is 4. The summed E-state index contributed by atoms with van der Waals surface area (Å²) in [6.07, 6.45) is 0. The molecule has 26 heavy (non-hydrogen) atoms. The summed E-state index contributed by atoms with van der Waals surface area (Å²) in [6.45, 7) is 1.91. The molecule has 0 aliphatic carbocycles. The number of sulfonamides is 1. The quantitative estimate of drug-likeness (QED) is 0.748. The van der Waals surface area contributed by atoms with Crippen molar-refractivity contribution < 1.29 is 22.3 Å². The van der Waals surface area contributed by atoms with Gasteiger partial charge in [0.2, 0.25) is 10.0 Å². The normalized spacial score (nSPS) is 12.6. The van der Waals surface area contributed by atoms with E-state index in [1.165, 1.54) is 43.5 Å². The number of hydrogen-bond donors (Lipinski definition) is 2. The van der Waals surface area contributed by atoms with Crippen LogP contribution in [0.2, 0.25) is 5.02 Å². The summed E-state index contributed by atoms with van der Waals surface area (Å²) in [7, 11) is -2.24. The Morgan fingerprint density at radius 3 is 2.46 bits per heavy atom. The minimum atomic E-state index is -3.72. The molecule has 0 aliphatic rings. The molecule has 2 aromatic carbocycles. The van der Waals surface area contributed by atoms with Crippen molar-refractivity contribution >= 4 is 33.2 Å². The number of anilines is 1. The third-order valence-electron chi connectivity index (χ3n) is 3.39. The lowest BCUT2D eigenvalue weighted by atomic mass is 10.2. The van der Waals surface area contributed by atoms with Crippen LogP contribution in [0.4, 0.5) is 10.1 Å². The molecule has 0 aromatic heterocycles. The first-order valence-corrected chi connectivity index (χ1v) is 9.47. The van der Waals surface area contributed by atoms with E-state index in [-0.39, 0.29) is 22.1 Å². The first kappa shape index (κ1) is 20.3. The van der Waals surface area contributed by atoms with Crippen molar-refractivity contribution in [1.29, 1.82) is 0 Å². The number of carbonyl (C=O) groups excluding carboxylic acids is 1. The van der Waals surface area contributed by atoms with Gasteiger partial charge in [-0.1, -0.05) is 17.7 Å². The van der Waals surface area contributed by atoms with Crippen LogP contribution in [0.5, 0.6) is 0 Å². The van der Waals surface area contributed by atoms with Crippen LogP contribution < -0.4 is 10.0 Å². The number of carbonyl (C=O) groups is 1. The first-order valence-electron chi connectivity index (χ1n) is 7.61. The lowest BCUT2D eigenvalue weighted by molar-refractivity contribution is 0.102. The minimum Gasteiger partial charge on any atom is -0.383 e. The van der Waals surface area contributed by atoms with Crippen LogP contribution in [0, 0.1) is 5.82 Å². The number of amides is 1. The smallest absolute Gasteiger partial charge is 0.260 e. The fraction of sp³-hybridized carbons (Fsp3) is 0.235. The second kappa shape index (κ2) is 8.59. The number of halogens is 2. The summed E-state index contributed by atoms with van der Waals surface area (Å²) < 4.78 is 45.6. The lowest BCUT2D eigenvalue weighted by Gasteiger charge is -2.13. The van der Waals surface area contributed by atoms with E-state index in [1.807, 2.05) is 0 Å². The SMILES string of the molecule is COC[C@H](C)NS(=O)(=O)c1ccc(NC(=O)c2c(F)cccc2Cl)cc1. The number of benzene rings is 2. The molecule has 140 valence electrons. The zero-order valence-electron chi connectivity index (χ0n) is 14.1. The van der Waals surface area contributed by atoms with Crippen LogP contribution in [0.1, 0.15) is 17.3 Å². The molecule has 0 spiro atoms. The number of rotatable bonds is 7. The van der Waals surface area contributed by atoms with Gasteiger partial charge in [-0.15, -0.1) is 0 Å². The van der Waals surface area contributed by atoms with Crippen LogP contribution in [0.3, 0.4) is 0 Å². The Morgan fingerprint density at radius 1 is 1.23 bits per heavy atom. The third kappa shape index (κ3) is 5.01. The molecule has 0 saturated carbocycles. The van der Waals surface area contributed by atoms with Gasteiger partial charge >= 0.3 is 0 Å². The molecule has 1 amide bonds. The topological polar surface area (TPSA) is 84.5 Å². The molecule has 2 N–H and O–H groups in total. The molecule has 0 saturated heterocycles. The molecule has 0 unspecified atom stereocenters. The maximum absolute atomic E-state index is 13.8. The van der Waals surface area contributed by atoms with Crippen LogP contribution in [0.25, 0.3) is 0 Å². The van der Waals surface area contributed by atoms with Crippen LogP contribution in [-0.2, 0) is 14.8 Å². The van der Waals surface area contributed by atoms with Crippen molar-refractivity contribution in [2.24, 2.45) is 0 Å². The second-order valence-corrected chi connectivity index (χ2v) is 7.67. The third-order valence-corrected chi connectivity index (χ3v) is 5.31. The van der Waals surface area contributed by atoms with Gasteiger partial charge in [0.25, 0.3) is 5.91 Å². The van der Waals surface area contributed by atoms with Crippen molar-refractivity contribution in [3.8, 4) is 0 Å². The number of ether oxygens (including phenoxy) is 1. The maximum Gasteiger partial charge on any atom is 0.260 e. The molecule has 0 radical (unpaired) electrons. The Hall–Kier alpha value is -2.00. The van der Waals surface area contributed by atoms with Gasteiger partial charge in [-0.3, -0.25) is 4.79 Å². The minimum absolute atomic E-state index is 0.0157. The Bertz CT molecular complexity index is 868. The monoisotopic (exact) mass is 400 g/mol. The summed E-state index contributed by atoms with van der Waals surface area (Å²) in [5, 5.41) is 2.47. The summed E-state index contributed by atoms with van der Waals surface area (Å²) in [6, 6.07) is 9.01. The Morgan fingerprint density at radius 2 is 1.88 bits per heavy atom. The van der Waals surface area contributed by atoms with E-state index in [9.17, 15) is 17.6 Å². The summed E-state index contributed by atoms with van der Waals surface area (Å²) in [5.41, 5.74) is 0.0270. The zero-order valence-corrected chi connectivity index (χ0v) is 15.7. The first-order chi connectivity index (χ1) is 12.2. The van der Waals surface area contributed by atoms with Crippen molar-refractivity contribution in [2.75, 3.05) is 19.0 Å². The molecule has 0 bridgehead atoms. The highest BCUT2D eigenvalue weighted by Gasteiger charge is 2.18. The molecule has 0 aliphatic heterocycles. The predicted octanol–water partition coefficient (Wildman–Crippen LogP) is 3.04. The summed E-state index contributed by atoms with van der Waals surface area (Å²) in [4.78, 5) is 12.2. The molecule has 6 nitrogen and oxygen atoms in total. The molecule has 9 heteroatoms. The van der Waals surface area contributed by atoms with Crippen LogP contribution in [0.15, 0.2) is 47.4 Å². The predicted molar refractivity (Wildman–Crippen MR) is 97.5 cm³/mol. The van der Waals surface area contributed by atoms with E-state index < -0.39 is 27.8 Å². The van der Waals surface area contributed by atoms with Crippen molar-refractivity contribution in [3.05, 3.63) is 58.9 Å². The molecule has 1 atom stereocenters. The van der Waals surface area contributed by atoms with Crippen LogP contribution in [-0.4, -0.2) is 34.1 Å². The average molecular weight is 401 g/mol. The van der Waals surface area contributed by atoms with Crippen molar-refractivity contribution in [2.45, 2.75) is 17.9 Å². The van der Waals surface area contributed by atoms with Gasteiger partial charge in [0.05, 0.1) is 22.1 Å². The Balaban J connectivity index is 2.13. The van der Waals surface area contributed by atoms with Gasteiger partial charge in [0.1, 0.15) is 5.82 Å². The van der Waals surface area contributed by atoms with Gasteiger partial charge in [0, 0.05) is 18.8 Å². The zero-order chi connectivity index (χ0) is 19.3. The standard InChI is InChI=1S/C17H18ClFN2O4S/c1-11(10-25-2)21-26(23,24)13-8-6-12(7-9-13)20-17(22)16-14(18)4-3-5-15(16)19/h3-9,11,21H,10H2,1-2H3,(H,20,22)/t11-/m0/s1. The fourth-order valence-corrected chi connectivity index (χ4v) is 3.72. The van der Waals surface area contributed by atoms with E-state index >= 15 is 0 Å². The van der Waals surface area contributed by atoms with Crippen LogP contribution >= 0.6 is 11.6 Å². The summed E-state index contributed by atoms with van der Waals surface area (Å²) in [5.74, 6) is -1.47. The van der Waals surface area contributed by atoms with Crippen molar-refractivity contribution in [3.63, 3.8) is 0 Å². The Labute approximate surface area is 156 Å². The largest absolute Gasteiger partial charge is 0.383 e. The highest BCUT2D eigenvalue weighted by atomic mass is 35.5. The van der Waals surface area contributed by atoms with E-state index in [1.54, 1.807) is 6.92 Å². The van der Waals surface area contributed by atoms with E-state index in [4.69, 9.17) is 16.3 Å². The van der Waals surface area contributed by atoms with E-state index in [0.29, 0.717) is 5.69 Å².